The van der Waals surface area contributed by atoms with Gasteiger partial charge in [0.15, 0.2) is 6.07 Å². The molecule has 0 aromatic heterocycles. The smallest absolute Gasteiger partial charge is 1.00 e. The summed E-state index contributed by atoms with van der Waals surface area (Å²) < 4.78 is 0. The summed E-state index contributed by atoms with van der Waals surface area (Å²) >= 11 is 0. The number of carboxylic acid groups (broad SMARTS) is 1. The Balaban J connectivity index is -0.0000000267. The number of rotatable bonds is 0. The Hall–Kier alpha value is -0.274. The molecule has 0 aliphatic carbocycles. The molecule has 0 rings (SSSR count). The quantitative estimate of drug-likeness (QED) is 0.250. The Bertz CT molecular complexity index is 90.5. The summed E-state index contributed by atoms with van der Waals surface area (Å²) in [6.07, 6.45) is 0. The molecule has 0 bridgehead atoms. The summed E-state index contributed by atoms with van der Waals surface area (Å²) in [5.41, 5.74) is 0. The predicted molar refractivity (Wildman–Crippen MR) is 21.2 cm³/mol. The van der Waals surface area contributed by atoms with Crippen LogP contribution in [0.5, 0.6) is 0 Å². The van der Waals surface area contributed by atoms with Crippen LogP contribution in [-0.4, -0.2) is 34.1 Å². The van der Waals surface area contributed by atoms with Gasteiger partial charge in [0, 0.05) is 0 Å². The number of aliphatic carboxylic acids is 1. The van der Waals surface area contributed by atoms with Crippen LogP contribution in [0, 0.1) is 11.3 Å². The van der Waals surface area contributed by atoms with Crippen molar-refractivity contribution in [3.05, 3.63) is 0 Å². The summed E-state index contributed by atoms with van der Waals surface area (Å²) in [7, 11) is 0. The maximum atomic E-state index is 9.01. The van der Waals surface area contributed by atoms with E-state index in [0.29, 0.717) is 0 Å². The van der Waals surface area contributed by atoms with Crippen LogP contribution in [0.4, 0.5) is 0 Å². The molecule has 30 valence electrons. The third kappa shape index (κ3) is 9.29. The molecule has 0 unspecified atom stereocenters. The van der Waals surface area contributed by atoms with Crippen LogP contribution in [-0.2, 0) is 4.79 Å². The van der Waals surface area contributed by atoms with Crippen molar-refractivity contribution in [2.45, 2.75) is 0 Å². The fourth-order valence-corrected chi connectivity index (χ4v) is 0. The molecule has 0 heterocycles. The average molecular weight is 97.4 g/mol. The summed E-state index contributed by atoms with van der Waals surface area (Å²) in [6, 6.07) is 0.944. The molecule has 0 aromatic carbocycles. The minimum absolute atomic E-state index is 0. The number of hydrogen-bond acceptors (Lipinski definition) is 2. The Morgan fingerprint density at radius 1 is 2.00 bits per heavy atom. The Kier molecular flexibility index (Phi) is 7.26. The third-order valence-corrected chi connectivity index (χ3v) is 0.0956. The zero-order chi connectivity index (χ0) is 4.28. The maximum absolute atomic E-state index is 9.01. The van der Waals surface area contributed by atoms with Gasteiger partial charge in [-0.2, -0.15) is 5.26 Å². The van der Waals surface area contributed by atoms with E-state index >= 15 is 0 Å². The van der Waals surface area contributed by atoms with E-state index in [9.17, 15) is 0 Å². The SMILES string of the molecule is N#CC(=O)O.[H-].[H-].[Mg+2]. The van der Waals surface area contributed by atoms with Gasteiger partial charge >= 0.3 is 29.0 Å². The maximum Gasteiger partial charge on any atom is 2.00 e. The van der Waals surface area contributed by atoms with E-state index in [-0.39, 0.29) is 25.9 Å². The minimum Gasteiger partial charge on any atom is -1.00 e. The van der Waals surface area contributed by atoms with Gasteiger partial charge in [-0.25, -0.2) is 4.79 Å². The van der Waals surface area contributed by atoms with Gasteiger partial charge in [-0.1, -0.05) is 0 Å². The van der Waals surface area contributed by atoms with Gasteiger partial charge in [0.2, 0.25) is 0 Å². The van der Waals surface area contributed by atoms with Gasteiger partial charge in [-0.15, -0.1) is 0 Å². The van der Waals surface area contributed by atoms with Gasteiger partial charge in [0.05, 0.1) is 0 Å². The second kappa shape index (κ2) is 4.73. The molecule has 0 aromatic rings. The van der Waals surface area contributed by atoms with Crippen LogP contribution in [0.2, 0.25) is 0 Å². The van der Waals surface area contributed by atoms with Crippen molar-refractivity contribution in [1.82, 2.24) is 0 Å². The topological polar surface area (TPSA) is 61.1 Å². The van der Waals surface area contributed by atoms with Crippen LogP contribution in [0.3, 0.4) is 0 Å². The molecule has 0 radical (unpaired) electrons. The van der Waals surface area contributed by atoms with Crippen LogP contribution in [0.1, 0.15) is 2.85 Å². The van der Waals surface area contributed by atoms with Crippen molar-refractivity contribution in [2.75, 3.05) is 0 Å². The van der Waals surface area contributed by atoms with Crippen LogP contribution < -0.4 is 0 Å². The number of nitriles is 1. The van der Waals surface area contributed by atoms with Crippen molar-refractivity contribution < 1.29 is 12.8 Å². The summed E-state index contributed by atoms with van der Waals surface area (Å²) in [5, 5.41) is 14.7. The Morgan fingerprint density at radius 3 is 2.17 bits per heavy atom. The van der Waals surface area contributed by atoms with E-state index in [1.165, 1.54) is 0 Å². The number of carboxylic acids is 1. The molecule has 0 atom stereocenters. The molecule has 0 amide bonds. The van der Waals surface area contributed by atoms with E-state index in [4.69, 9.17) is 15.2 Å². The first-order valence-corrected chi connectivity index (χ1v) is 0.901. The zero-order valence-electron chi connectivity index (χ0n) is 5.01. The molecule has 0 fully saturated rings. The summed E-state index contributed by atoms with van der Waals surface area (Å²) in [4.78, 5) is 9.01. The normalized spacial score (nSPS) is 4.50. The second-order valence-electron chi connectivity index (χ2n) is 0.417. The molecule has 0 saturated carbocycles. The Labute approximate surface area is 53.7 Å². The Morgan fingerprint density at radius 2 is 2.17 bits per heavy atom. The van der Waals surface area contributed by atoms with E-state index < -0.39 is 5.97 Å². The van der Waals surface area contributed by atoms with Crippen molar-refractivity contribution in [3.63, 3.8) is 0 Å². The van der Waals surface area contributed by atoms with E-state index in [1.54, 1.807) is 0 Å². The fraction of sp³-hybridized carbons (Fsp3) is 0. The molecule has 0 aliphatic rings. The first-order chi connectivity index (χ1) is 2.27. The molecule has 0 spiro atoms. The van der Waals surface area contributed by atoms with Crippen molar-refractivity contribution in [1.29, 1.82) is 5.26 Å². The molecule has 0 aliphatic heterocycles. The van der Waals surface area contributed by atoms with Gasteiger partial charge in [-0.05, 0) is 0 Å². The second-order valence-corrected chi connectivity index (χ2v) is 0.417. The molecule has 1 N–H and O–H groups in total. The van der Waals surface area contributed by atoms with E-state index in [0.717, 1.165) is 6.07 Å². The minimum atomic E-state index is -1.44. The predicted octanol–water partition coefficient (Wildman–Crippen LogP) is -0.561. The van der Waals surface area contributed by atoms with Crippen molar-refractivity contribution in [3.8, 4) is 6.07 Å². The first kappa shape index (κ1) is 9.21. The van der Waals surface area contributed by atoms with E-state index in [2.05, 4.69) is 0 Å². The summed E-state index contributed by atoms with van der Waals surface area (Å²) in [5.74, 6) is -1.44. The van der Waals surface area contributed by atoms with Crippen LogP contribution in [0.25, 0.3) is 0 Å². The summed E-state index contributed by atoms with van der Waals surface area (Å²) in [6.45, 7) is 0. The van der Waals surface area contributed by atoms with Gasteiger partial charge in [-0.3, -0.25) is 0 Å². The van der Waals surface area contributed by atoms with Gasteiger partial charge in [0.1, 0.15) is 0 Å². The number of nitrogens with zero attached hydrogens (tertiary/aromatic N) is 1. The van der Waals surface area contributed by atoms with Crippen LogP contribution in [0.15, 0.2) is 0 Å². The molecule has 3 nitrogen and oxygen atoms in total. The van der Waals surface area contributed by atoms with Crippen molar-refractivity contribution >= 4 is 29.0 Å². The molecule has 0 saturated heterocycles. The molecular formula is C2H3MgNO2. The first-order valence-electron chi connectivity index (χ1n) is 0.901. The largest absolute Gasteiger partial charge is 2.00 e. The van der Waals surface area contributed by atoms with Gasteiger partial charge < -0.3 is 7.96 Å². The molecule has 4 heteroatoms. The van der Waals surface area contributed by atoms with E-state index in [1.807, 2.05) is 0 Å². The fourth-order valence-electron chi connectivity index (χ4n) is 0. The number of carbonyl (C=O) groups is 1. The van der Waals surface area contributed by atoms with Crippen LogP contribution >= 0.6 is 0 Å². The molecule has 6 heavy (non-hydrogen) atoms. The third-order valence-electron chi connectivity index (χ3n) is 0.0956. The average Bonchev–Trinajstić information content (AvgIpc) is 1.38. The van der Waals surface area contributed by atoms with Crippen molar-refractivity contribution in [2.24, 2.45) is 0 Å². The zero-order valence-corrected chi connectivity index (χ0v) is 4.42. The standard InChI is InChI=1S/C2HNO2.Mg.2H/c3-1-2(4)5;;;/h(H,4,5);;;/q;+2;2*-1. The monoisotopic (exact) mass is 97.0 g/mol. The van der Waals surface area contributed by atoms with Gasteiger partial charge in [0.25, 0.3) is 0 Å². The number of hydrogen-bond donors (Lipinski definition) is 1. The molecular weight excluding hydrogens is 94.3 g/mol.